The van der Waals surface area contributed by atoms with Crippen LogP contribution in [0.1, 0.15) is 37.0 Å². The zero-order chi connectivity index (χ0) is 25.7. The molecule has 12 heteroatoms. The number of piperazine rings is 1. The molecule has 35 heavy (non-hydrogen) atoms. The normalized spacial score (nSPS) is 30.6. The van der Waals surface area contributed by atoms with E-state index in [0.717, 1.165) is 0 Å². The number of rotatable bonds is 8. The molecule has 3 fully saturated rings. The van der Waals surface area contributed by atoms with E-state index < -0.39 is 42.4 Å². The van der Waals surface area contributed by atoms with Crippen LogP contribution in [0.3, 0.4) is 0 Å². The number of nitrogens with one attached hydrogen (secondary N) is 1. The lowest BCUT2D eigenvalue weighted by molar-refractivity contribution is -0.849. The van der Waals surface area contributed by atoms with Gasteiger partial charge in [-0.25, -0.2) is 9.59 Å². The van der Waals surface area contributed by atoms with Gasteiger partial charge in [-0.1, -0.05) is 43.5 Å². The Hall–Kier alpha value is -2.14. The van der Waals surface area contributed by atoms with Crippen molar-refractivity contribution >= 4 is 53.5 Å². The summed E-state index contributed by atoms with van der Waals surface area (Å²) in [5, 5.41) is 3.17. The van der Waals surface area contributed by atoms with Gasteiger partial charge in [0.1, 0.15) is 5.78 Å². The Morgan fingerprint density at radius 3 is 2.34 bits per heavy atom. The number of likely N-dealkylation sites (N-methyl/N-ethyl adjacent to an activating group) is 2. The van der Waals surface area contributed by atoms with Crippen molar-refractivity contribution in [1.82, 2.24) is 10.2 Å². The van der Waals surface area contributed by atoms with Crippen LogP contribution >= 0.6 is 23.2 Å². The standard InChI is InChI=1S/C23H30BCl2N3O6/c1-13(2)7-14(8-16(30)10-27-21(31)17-9-15(25)5-6-18(17)26)24-29(4)19(22(32)34-24)11-28(3)12-20(29)23(33)35-24/h5-6,9,13-14,19-20H,7-8,10-12H2,1-4H3,(H,27,31)/t14-,19-,20-,24?,29?/m1/s1. The highest BCUT2D eigenvalue weighted by Gasteiger charge is 2.77. The van der Waals surface area contributed by atoms with Crippen LogP contribution in [0.2, 0.25) is 15.9 Å². The van der Waals surface area contributed by atoms with Crippen LogP contribution in [0.5, 0.6) is 0 Å². The zero-order valence-electron chi connectivity index (χ0n) is 20.3. The monoisotopic (exact) mass is 525 g/mol. The molecule has 1 N–H and O–H groups in total. The Kier molecular flexibility index (Phi) is 6.96. The van der Waals surface area contributed by atoms with Crippen molar-refractivity contribution < 1.29 is 32.9 Å². The number of hydrogen-bond acceptors (Lipinski definition) is 7. The topological polar surface area (TPSA) is 102 Å². The first-order valence-electron chi connectivity index (χ1n) is 11.8. The number of amides is 1. The van der Waals surface area contributed by atoms with Gasteiger partial charge in [-0.15, -0.1) is 0 Å². The second kappa shape index (κ2) is 9.39. The van der Waals surface area contributed by atoms with Crippen LogP contribution in [-0.2, 0) is 23.7 Å². The number of quaternary nitrogens is 1. The minimum atomic E-state index is -2.45. The first-order chi connectivity index (χ1) is 16.4. The van der Waals surface area contributed by atoms with Crippen molar-refractivity contribution in [2.75, 3.05) is 33.7 Å². The fraction of sp³-hybridized carbons (Fsp3) is 0.565. The molecule has 3 atom stereocenters. The predicted octanol–water partition coefficient (Wildman–Crippen LogP) is 2.28. The minimum Gasteiger partial charge on any atom is -0.600 e. The molecule has 0 bridgehead atoms. The number of carbonyl (C=O) groups is 4. The molecule has 1 amide bonds. The van der Waals surface area contributed by atoms with Gasteiger partial charge in [0, 0.05) is 12.1 Å². The third-order valence-corrected chi connectivity index (χ3v) is 8.25. The van der Waals surface area contributed by atoms with Crippen LogP contribution in [0.25, 0.3) is 0 Å². The second-order valence-corrected chi connectivity index (χ2v) is 11.4. The van der Waals surface area contributed by atoms with Crippen molar-refractivity contribution in [1.29, 1.82) is 0 Å². The Labute approximate surface area is 214 Å². The number of benzene rings is 1. The summed E-state index contributed by atoms with van der Waals surface area (Å²) >= 11 is 12.0. The van der Waals surface area contributed by atoms with Crippen molar-refractivity contribution in [3.63, 3.8) is 0 Å². The smallest absolute Gasteiger partial charge is 0.587 e. The first-order valence-corrected chi connectivity index (χ1v) is 12.5. The Morgan fingerprint density at radius 1 is 1.17 bits per heavy atom. The number of Topliss-reactive ketones (excluding diaryl/α,β-unsaturated/α-hetero) is 1. The van der Waals surface area contributed by atoms with E-state index >= 15 is 0 Å². The molecule has 0 saturated carbocycles. The highest BCUT2D eigenvalue weighted by Crippen LogP contribution is 2.52. The van der Waals surface area contributed by atoms with Gasteiger partial charge in [-0.3, -0.25) is 14.5 Å². The van der Waals surface area contributed by atoms with E-state index in [9.17, 15) is 19.2 Å². The van der Waals surface area contributed by atoms with E-state index in [1.807, 2.05) is 32.8 Å². The average Bonchev–Trinajstić information content (AvgIpc) is 3.13. The summed E-state index contributed by atoms with van der Waals surface area (Å²) in [7, 11) is 3.71. The van der Waals surface area contributed by atoms with Crippen molar-refractivity contribution in [2.24, 2.45) is 5.92 Å². The van der Waals surface area contributed by atoms with Crippen LogP contribution in [0.4, 0.5) is 0 Å². The second-order valence-electron chi connectivity index (χ2n) is 10.5. The fourth-order valence-corrected chi connectivity index (χ4v) is 6.42. The molecule has 0 aromatic heterocycles. The van der Waals surface area contributed by atoms with Gasteiger partial charge in [0.25, 0.3) is 5.91 Å². The lowest BCUT2D eigenvalue weighted by atomic mass is 9.51. The molecule has 3 aliphatic heterocycles. The van der Waals surface area contributed by atoms with Crippen molar-refractivity contribution in [3.8, 4) is 0 Å². The van der Waals surface area contributed by atoms with E-state index in [1.165, 1.54) is 12.1 Å². The molecule has 3 heterocycles. The van der Waals surface area contributed by atoms with E-state index in [0.29, 0.717) is 24.5 Å². The summed E-state index contributed by atoms with van der Waals surface area (Å²) in [6, 6.07) is 3.40. The molecular formula is C23H30BCl2N3O6. The number of ketones is 1. The highest BCUT2D eigenvalue weighted by molar-refractivity contribution is 6.68. The van der Waals surface area contributed by atoms with Gasteiger partial charge in [0.2, 0.25) is 0 Å². The quantitative estimate of drug-likeness (QED) is 0.519. The van der Waals surface area contributed by atoms with E-state index in [2.05, 4.69) is 5.32 Å². The molecule has 0 spiro atoms. The summed E-state index contributed by atoms with van der Waals surface area (Å²) < 4.78 is 12.0. The van der Waals surface area contributed by atoms with Crippen molar-refractivity contribution in [3.05, 3.63) is 33.8 Å². The minimum absolute atomic E-state index is 0.00851. The van der Waals surface area contributed by atoms with Gasteiger partial charge >= 0.3 is 18.6 Å². The highest BCUT2D eigenvalue weighted by atomic mass is 35.5. The summed E-state index contributed by atoms with van der Waals surface area (Å²) in [5.41, 5.74) is 0.171. The molecule has 0 unspecified atom stereocenters. The molecule has 0 aliphatic carbocycles. The first kappa shape index (κ1) is 25.9. The molecule has 3 aliphatic rings. The van der Waals surface area contributed by atoms with Crippen LogP contribution in [-0.4, -0.2) is 85.4 Å². The Morgan fingerprint density at radius 2 is 1.77 bits per heavy atom. The van der Waals surface area contributed by atoms with Crippen LogP contribution < -0.4 is 5.32 Å². The van der Waals surface area contributed by atoms with Crippen LogP contribution in [0, 0.1) is 5.92 Å². The van der Waals surface area contributed by atoms with Gasteiger partial charge in [-0.05, 0) is 43.4 Å². The molecule has 190 valence electrons. The summed E-state index contributed by atoms with van der Waals surface area (Å²) in [6.45, 7) is 2.20. The molecule has 9 nitrogen and oxygen atoms in total. The predicted molar refractivity (Wildman–Crippen MR) is 131 cm³/mol. The van der Waals surface area contributed by atoms with E-state index in [1.54, 1.807) is 6.07 Å². The number of nitrogens with zero attached hydrogens (tertiary/aromatic N) is 2. The number of halogens is 2. The maximum absolute atomic E-state index is 13.1. The largest absolute Gasteiger partial charge is 0.600 e. The Bertz CT molecular complexity index is 1060. The molecule has 1 aromatic rings. The lowest BCUT2D eigenvalue weighted by Crippen LogP contribution is -2.74. The van der Waals surface area contributed by atoms with Gasteiger partial charge in [0.05, 0.1) is 30.2 Å². The van der Waals surface area contributed by atoms with E-state index in [4.69, 9.17) is 32.5 Å². The maximum Gasteiger partial charge on any atom is 0.587 e. The molecule has 4 rings (SSSR count). The maximum atomic E-state index is 13.1. The number of hydrogen-bond donors (Lipinski definition) is 1. The average molecular weight is 526 g/mol. The van der Waals surface area contributed by atoms with Gasteiger partial charge < -0.3 is 19.0 Å². The molecular weight excluding hydrogens is 496 g/mol. The summed E-state index contributed by atoms with van der Waals surface area (Å²) in [6.07, 6.45) is 0.509. The zero-order valence-corrected chi connectivity index (χ0v) is 21.8. The van der Waals surface area contributed by atoms with Crippen molar-refractivity contribution in [2.45, 2.75) is 44.6 Å². The van der Waals surface area contributed by atoms with Gasteiger partial charge in [-0.2, -0.15) is 0 Å². The molecule has 1 aromatic carbocycles. The summed E-state index contributed by atoms with van der Waals surface area (Å²) in [5.74, 6) is -1.95. The lowest BCUT2D eigenvalue weighted by Gasteiger charge is -2.53. The third kappa shape index (κ3) is 4.35. The third-order valence-electron chi connectivity index (χ3n) is 7.68. The molecule has 0 radical (unpaired) electrons. The Balaban J connectivity index is 1.55. The van der Waals surface area contributed by atoms with Gasteiger partial charge in [0.15, 0.2) is 12.1 Å². The van der Waals surface area contributed by atoms with Crippen LogP contribution in [0.15, 0.2) is 18.2 Å². The summed E-state index contributed by atoms with van der Waals surface area (Å²) in [4.78, 5) is 53.5. The SMILES string of the molecule is CC(C)C[C@H](CC(=O)CNC(=O)c1cc(Cl)ccc1Cl)[B-]12OC(=O)[C@H]3CN(C)C[C@H](C(=O)O1)[N+]32C. The number of carbonyl (C=O) groups excluding carboxylic acids is 4. The fourth-order valence-electron chi connectivity index (χ4n) is 6.05. The molecule has 3 saturated heterocycles. The van der Waals surface area contributed by atoms with E-state index in [-0.39, 0.29) is 39.6 Å².